The first-order valence-corrected chi connectivity index (χ1v) is 11.2. The number of guanidine groups is 1. The third-order valence-electron chi connectivity index (χ3n) is 6.50. The van der Waals surface area contributed by atoms with Crippen molar-refractivity contribution < 1.29 is 0 Å². The lowest BCUT2D eigenvalue weighted by Crippen LogP contribution is -2.45. The number of aliphatic imine (C=N–C) groups is 1. The molecule has 2 aliphatic rings. The summed E-state index contributed by atoms with van der Waals surface area (Å²) < 4.78 is 0. The van der Waals surface area contributed by atoms with Gasteiger partial charge in [-0.2, -0.15) is 0 Å². The second-order valence-electron chi connectivity index (χ2n) is 8.51. The van der Waals surface area contributed by atoms with Crippen molar-refractivity contribution in [1.82, 2.24) is 20.4 Å². The van der Waals surface area contributed by atoms with Crippen LogP contribution in [0.2, 0.25) is 0 Å². The van der Waals surface area contributed by atoms with Gasteiger partial charge in [-0.05, 0) is 63.7 Å². The van der Waals surface area contributed by atoms with Crippen LogP contribution in [-0.4, -0.2) is 67.6 Å². The summed E-state index contributed by atoms with van der Waals surface area (Å²) in [6, 6.07) is 11.9. The lowest BCUT2D eigenvalue weighted by molar-refractivity contribution is 0.187. The number of halogens is 1. The maximum absolute atomic E-state index is 4.46. The molecule has 0 radical (unpaired) electrons. The van der Waals surface area contributed by atoms with Crippen molar-refractivity contribution in [2.45, 2.75) is 58.2 Å². The molecule has 0 amide bonds. The second kappa shape index (κ2) is 12.7. The molecule has 2 heterocycles. The molecule has 1 aromatic carbocycles. The molecule has 2 atom stereocenters. The lowest BCUT2D eigenvalue weighted by atomic mass is 9.93. The van der Waals surface area contributed by atoms with Gasteiger partial charge in [-0.3, -0.25) is 9.89 Å². The van der Waals surface area contributed by atoms with Gasteiger partial charge in [0.05, 0.1) is 0 Å². The number of benzene rings is 1. The molecule has 0 saturated carbocycles. The molecular formula is C23H40IN5. The molecule has 0 aliphatic carbocycles. The Morgan fingerprint density at radius 1 is 1.17 bits per heavy atom. The average Bonchev–Trinajstić information content (AvgIpc) is 3.07. The highest BCUT2D eigenvalue weighted by Crippen LogP contribution is 2.21. The third kappa shape index (κ3) is 7.72. The molecule has 0 bridgehead atoms. The molecular weight excluding hydrogens is 473 g/mol. The van der Waals surface area contributed by atoms with Gasteiger partial charge in [0.1, 0.15) is 0 Å². The number of nitrogens with zero attached hydrogens (tertiary/aromatic N) is 3. The van der Waals surface area contributed by atoms with Gasteiger partial charge in [0.25, 0.3) is 0 Å². The van der Waals surface area contributed by atoms with Crippen molar-refractivity contribution in [3.8, 4) is 0 Å². The molecule has 2 saturated heterocycles. The van der Waals surface area contributed by atoms with E-state index in [1.807, 2.05) is 7.05 Å². The van der Waals surface area contributed by atoms with E-state index < -0.39 is 0 Å². The molecule has 6 heteroatoms. The number of hydrogen-bond donors (Lipinski definition) is 2. The van der Waals surface area contributed by atoms with E-state index in [-0.39, 0.29) is 24.0 Å². The smallest absolute Gasteiger partial charge is 0.191 e. The quantitative estimate of drug-likeness (QED) is 0.333. The summed E-state index contributed by atoms with van der Waals surface area (Å²) in [7, 11) is 1.88. The fourth-order valence-corrected chi connectivity index (χ4v) is 4.62. The molecule has 2 unspecified atom stereocenters. The highest BCUT2D eigenvalue weighted by molar-refractivity contribution is 14.0. The first-order chi connectivity index (χ1) is 13.7. The molecule has 5 nitrogen and oxygen atoms in total. The Bertz CT molecular complexity index is 601. The summed E-state index contributed by atoms with van der Waals surface area (Å²) in [5, 5.41) is 7.21. The first-order valence-electron chi connectivity index (χ1n) is 11.2. The van der Waals surface area contributed by atoms with Crippen molar-refractivity contribution >= 4 is 29.9 Å². The zero-order valence-electron chi connectivity index (χ0n) is 18.4. The van der Waals surface area contributed by atoms with Crippen LogP contribution in [0.5, 0.6) is 0 Å². The summed E-state index contributed by atoms with van der Waals surface area (Å²) in [4.78, 5) is 9.59. The lowest BCUT2D eigenvalue weighted by Gasteiger charge is -2.31. The number of piperidine rings is 1. The SMILES string of the molecule is CCN1CCC(CCNC(=NC)NC2CC(C)N(Cc3ccccc3)C2)CC1.I. The van der Waals surface area contributed by atoms with Crippen LogP contribution in [0.25, 0.3) is 0 Å². The van der Waals surface area contributed by atoms with E-state index in [0.29, 0.717) is 12.1 Å². The van der Waals surface area contributed by atoms with Crippen LogP contribution in [0.1, 0.15) is 45.1 Å². The molecule has 0 spiro atoms. The van der Waals surface area contributed by atoms with Crippen LogP contribution >= 0.6 is 24.0 Å². The highest BCUT2D eigenvalue weighted by atomic mass is 127. The summed E-state index contributed by atoms with van der Waals surface area (Å²) in [5.74, 6) is 1.83. The number of rotatable bonds is 7. The van der Waals surface area contributed by atoms with Gasteiger partial charge in [0, 0.05) is 38.8 Å². The summed E-state index contributed by atoms with van der Waals surface area (Å²) in [6.07, 6.45) is 5.11. The van der Waals surface area contributed by atoms with Crippen molar-refractivity contribution in [2.24, 2.45) is 10.9 Å². The van der Waals surface area contributed by atoms with Gasteiger partial charge >= 0.3 is 0 Å². The van der Waals surface area contributed by atoms with Crippen LogP contribution < -0.4 is 10.6 Å². The van der Waals surface area contributed by atoms with Crippen LogP contribution in [-0.2, 0) is 6.54 Å². The van der Waals surface area contributed by atoms with Crippen LogP contribution in [0.3, 0.4) is 0 Å². The Morgan fingerprint density at radius 3 is 2.55 bits per heavy atom. The molecule has 29 heavy (non-hydrogen) atoms. The van der Waals surface area contributed by atoms with E-state index in [1.54, 1.807) is 0 Å². The van der Waals surface area contributed by atoms with Crippen LogP contribution in [0, 0.1) is 5.92 Å². The van der Waals surface area contributed by atoms with Gasteiger partial charge in [0.15, 0.2) is 5.96 Å². The molecule has 2 N–H and O–H groups in total. The maximum atomic E-state index is 4.46. The number of likely N-dealkylation sites (tertiary alicyclic amines) is 2. The Labute approximate surface area is 194 Å². The fourth-order valence-electron chi connectivity index (χ4n) is 4.62. The van der Waals surface area contributed by atoms with E-state index in [4.69, 9.17) is 0 Å². The van der Waals surface area contributed by atoms with Gasteiger partial charge in [-0.1, -0.05) is 37.3 Å². The summed E-state index contributed by atoms with van der Waals surface area (Å²) in [6.45, 7) is 11.5. The third-order valence-corrected chi connectivity index (χ3v) is 6.50. The Balaban J connectivity index is 0.00000300. The summed E-state index contributed by atoms with van der Waals surface area (Å²) >= 11 is 0. The maximum Gasteiger partial charge on any atom is 0.191 e. The predicted octanol–water partition coefficient (Wildman–Crippen LogP) is 3.55. The van der Waals surface area contributed by atoms with E-state index in [2.05, 4.69) is 69.6 Å². The van der Waals surface area contributed by atoms with Gasteiger partial charge in [-0.25, -0.2) is 0 Å². The number of hydrogen-bond acceptors (Lipinski definition) is 3. The molecule has 164 valence electrons. The van der Waals surface area contributed by atoms with E-state index in [1.165, 1.54) is 50.9 Å². The van der Waals surface area contributed by atoms with Gasteiger partial charge in [-0.15, -0.1) is 24.0 Å². The van der Waals surface area contributed by atoms with Crippen molar-refractivity contribution in [3.05, 3.63) is 35.9 Å². The average molecular weight is 514 g/mol. The topological polar surface area (TPSA) is 42.9 Å². The largest absolute Gasteiger partial charge is 0.356 e. The minimum absolute atomic E-state index is 0. The monoisotopic (exact) mass is 513 g/mol. The standard InChI is InChI=1S/C23H39N5.HI/c1-4-27-14-11-20(12-15-27)10-13-25-23(24-3)26-22-16-19(2)28(18-22)17-21-8-6-5-7-9-21;/h5-9,19-20,22H,4,10-18H2,1-3H3,(H2,24,25,26);1H. The fraction of sp³-hybridized carbons (Fsp3) is 0.696. The highest BCUT2D eigenvalue weighted by Gasteiger charge is 2.29. The summed E-state index contributed by atoms with van der Waals surface area (Å²) in [5.41, 5.74) is 1.40. The molecule has 2 aliphatic heterocycles. The van der Waals surface area contributed by atoms with Crippen molar-refractivity contribution in [1.29, 1.82) is 0 Å². The second-order valence-corrected chi connectivity index (χ2v) is 8.51. The Kier molecular flexibility index (Phi) is 10.7. The zero-order chi connectivity index (χ0) is 19.8. The van der Waals surface area contributed by atoms with Gasteiger partial charge < -0.3 is 15.5 Å². The number of nitrogens with one attached hydrogen (secondary N) is 2. The first kappa shape index (κ1) is 24.4. The van der Waals surface area contributed by atoms with Crippen LogP contribution in [0.4, 0.5) is 0 Å². The van der Waals surface area contributed by atoms with Gasteiger partial charge in [0.2, 0.25) is 0 Å². The molecule has 2 fully saturated rings. The predicted molar refractivity (Wildman–Crippen MR) is 134 cm³/mol. The van der Waals surface area contributed by atoms with E-state index >= 15 is 0 Å². The van der Waals surface area contributed by atoms with Crippen molar-refractivity contribution in [2.75, 3.05) is 39.8 Å². The minimum atomic E-state index is 0. The molecule has 0 aromatic heterocycles. The molecule has 1 aromatic rings. The van der Waals surface area contributed by atoms with Crippen molar-refractivity contribution in [3.63, 3.8) is 0 Å². The Morgan fingerprint density at radius 2 is 1.90 bits per heavy atom. The van der Waals surface area contributed by atoms with E-state index in [9.17, 15) is 0 Å². The zero-order valence-corrected chi connectivity index (χ0v) is 20.8. The van der Waals surface area contributed by atoms with Crippen LogP contribution in [0.15, 0.2) is 35.3 Å². The normalized spacial score (nSPS) is 24.3. The Hall–Kier alpha value is -0.860. The van der Waals surface area contributed by atoms with E-state index in [0.717, 1.165) is 31.5 Å². The molecule has 3 rings (SSSR count). The minimum Gasteiger partial charge on any atom is -0.356 e.